The van der Waals surface area contributed by atoms with Gasteiger partial charge in [-0.2, -0.15) is 0 Å². The molecule has 1 aliphatic carbocycles. The standard InChI is InChI=1S/C25H33NO2/c1-3-5-7-20-10-17-24(26-18-20)21-13-15-23(16-14-21)28-25(27)22-11-8-19(6-4-2)9-12-22/h10,13-19,22H,3-9,11-12H2,1-2H3. The third-order valence-corrected chi connectivity index (χ3v) is 5.89. The average molecular weight is 380 g/mol. The SMILES string of the molecule is CCCCc1ccc(-c2ccc(OC(=O)C3CCC(CCC)CC3)cc2)nc1. The fraction of sp³-hybridized carbons (Fsp3) is 0.520. The number of unbranched alkanes of at least 4 members (excludes halogenated alkanes) is 1. The lowest BCUT2D eigenvalue weighted by Gasteiger charge is -2.26. The molecule has 3 rings (SSSR count). The number of aromatic nitrogens is 1. The fourth-order valence-corrected chi connectivity index (χ4v) is 4.11. The number of carbonyl (C=O) groups excluding carboxylic acids is 1. The van der Waals surface area contributed by atoms with Gasteiger partial charge in [-0.15, -0.1) is 0 Å². The smallest absolute Gasteiger partial charge is 0.314 e. The number of aryl methyl sites for hydroxylation is 1. The first-order chi connectivity index (χ1) is 13.7. The molecular weight excluding hydrogens is 346 g/mol. The van der Waals surface area contributed by atoms with Crippen LogP contribution in [0.1, 0.15) is 70.8 Å². The quantitative estimate of drug-likeness (QED) is 0.383. The van der Waals surface area contributed by atoms with Gasteiger partial charge in [-0.3, -0.25) is 9.78 Å². The number of ether oxygens (including phenoxy) is 1. The van der Waals surface area contributed by atoms with Gasteiger partial charge >= 0.3 is 5.97 Å². The minimum absolute atomic E-state index is 0.0603. The van der Waals surface area contributed by atoms with Crippen LogP contribution in [0.5, 0.6) is 5.75 Å². The molecule has 0 unspecified atom stereocenters. The highest BCUT2D eigenvalue weighted by Gasteiger charge is 2.27. The van der Waals surface area contributed by atoms with Crippen LogP contribution in [0, 0.1) is 11.8 Å². The van der Waals surface area contributed by atoms with Gasteiger partial charge in [0.2, 0.25) is 0 Å². The van der Waals surface area contributed by atoms with E-state index in [1.807, 2.05) is 30.5 Å². The molecule has 0 amide bonds. The fourth-order valence-electron chi connectivity index (χ4n) is 4.11. The molecule has 1 heterocycles. The lowest BCUT2D eigenvalue weighted by atomic mass is 9.80. The average Bonchev–Trinajstić information content (AvgIpc) is 2.74. The largest absolute Gasteiger partial charge is 0.426 e. The predicted octanol–water partition coefficient (Wildman–Crippen LogP) is 6.60. The van der Waals surface area contributed by atoms with E-state index in [9.17, 15) is 4.79 Å². The molecule has 1 aliphatic rings. The van der Waals surface area contributed by atoms with E-state index in [1.165, 1.54) is 31.2 Å². The molecule has 0 bridgehead atoms. The number of benzene rings is 1. The minimum Gasteiger partial charge on any atom is -0.426 e. The zero-order chi connectivity index (χ0) is 19.8. The van der Waals surface area contributed by atoms with E-state index < -0.39 is 0 Å². The maximum atomic E-state index is 12.5. The van der Waals surface area contributed by atoms with E-state index in [4.69, 9.17) is 4.74 Å². The van der Waals surface area contributed by atoms with Crippen LogP contribution in [-0.4, -0.2) is 11.0 Å². The molecular formula is C25H33NO2. The summed E-state index contributed by atoms with van der Waals surface area (Å²) in [6.45, 7) is 4.44. The van der Waals surface area contributed by atoms with Crippen molar-refractivity contribution in [2.75, 3.05) is 0 Å². The van der Waals surface area contributed by atoms with E-state index in [0.29, 0.717) is 5.75 Å². The van der Waals surface area contributed by atoms with Gasteiger partial charge in [0.05, 0.1) is 11.6 Å². The van der Waals surface area contributed by atoms with Crippen LogP contribution in [0.3, 0.4) is 0 Å². The van der Waals surface area contributed by atoms with E-state index in [2.05, 4.69) is 31.0 Å². The summed E-state index contributed by atoms with van der Waals surface area (Å²) in [6.07, 6.45) is 12.2. The maximum absolute atomic E-state index is 12.5. The summed E-state index contributed by atoms with van der Waals surface area (Å²) in [5.41, 5.74) is 3.28. The zero-order valence-electron chi connectivity index (χ0n) is 17.3. The van der Waals surface area contributed by atoms with Crippen molar-refractivity contribution in [2.24, 2.45) is 11.8 Å². The van der Waals surface area contributed by atoms with Crippen molar-refractivity contribution in [1.29, 1.82) is 0 Å². The van der Waals surface area contributed by atoms with Crippen LogP contribution in [0.15, 0.2) is 42.6 Å². The van der Waals surface area contributed by atoms with Crippen molar-refractivity contribution in [1.82, 2.24) is 4.98 Å². The number of pyridine rings is 1. The van der Waals surface area contributed by atoms with Gasteiger partial charge in [-0.05, 0) is 80.3 Å². The molecule has 1 aromatic heterocycles. The van der Waals surface area contributed by atoms with Gasteiger partial charge in [0.15, 0.2) is 0 Å². The third kappa shape index (κ3) is 5.67. The predicted molar refractivity (Wildman–Crippen MR) is 114 cm³/mol. The Bertz CT molecular complexity index is 728. The van der Waals surface area contributed by atoms with Gasteiger partial charge in [0.1, 0.15) is 5.75 Å². The Morgan fingerprint density at radius 2 is 1.75 bits per heavy atom. The molecule has 0 spiro atoms. The maximum Gasteiger partial charge on any atom is 0.314 e. The Morgan fingerprint density at radius 1 is 1.00 bits per heavy atom. The lowest BCUT2D eigenvalue weighted by Crippen LogP contribution is -2.25. The molecule has 0 saturated heterocycles. The molecule has 0 N–H and O–H groups in total. The van der Waals surface area contributed by atoms with Crippen LogP contribution in [-0.2, 0) is 11.2 Å². The molecule has 150 valence electrons. The summed E-state index contributed by atoms with van der Waals surface area (Å²) in [5, 5.41) is 0. The third-order valence-electron chi connectivity index (χ3n) is 5.89. The molecule has 28 heavy (non-hydrogen) atoms. The molecule has 3 heteroatoms. The molecule has 0 radical (unpaired) electrons. The van der Waals surface area contributed by atoms with Crippen LogP contribution >= 0.6 is 0 Å². The lowest BCUT2D eigenvalue weighted by molar-refractivity contribution is -0.140. The first-order valence-electron chi connectivity index (χ1n) is 11.0. The second kappa shape index (κ2) is 10.4. The molecule has 1 fully saturated rings. The molecule has 0 aliphatic heterocycles. The second-order valence-corrected chi connectivity index (χ2v) is 8.11. The normalized spacial score (nSPS) is 19.4. The summed E-state index contributed by atoms with van der Waals surface area (Å²) in [6, 6.07) is 11.9. The number of nitrogens with zero attached hydrogens (tertiary/aromatic N) is 1. The topological polar surface area (TPSA) is 39.2 Å². The highest BCUT2D eigenvalue weighted by Crippen LogP contribution is 2.32. The Labute approximate surface area is 169 Å². The van der Waals surface area contributed by atoms with Crippen molar-refractivity contribution >= 4 is 5.97 Å². The molecule has 1 saturated carbocycles. The van der Waals surface area contributed by atoms with Crippen LogP contribution in [0.4, 0.5) is 0 Å². The van der Waals surface area contributed by atoms with Gasteiger partial charge in [-0.25, -0.2) is 0 Å². The summed E-state index contributed by atoms with van der Waals surface area (Å²) in [4.78, 5) is 17.1. The molecule has 3 nitrogen and oxygen atoms in total. The number of hydrogen-bond donors (Lipinski definition) is 0. The van der Waals surface area contributed by atoms with Crippen molar-refractivity contribution < 1.29 is 9.53 Å². The van der Waals surface area contributed by atoms with E-state index in [1.54, 1.807) is 0 Å². The summed E-state index contributed by atoms with van der Waals surface area (Å²) < 4.78 is 5.64. The highest BCUT2D eigenvalue weighted by molar-refractivity contribution is 5.75. The van der Waals surface area contributed by atoms with Gasteiger partial charge < -0.3 is 4.74 Å². The van der Waals surface area contributed by atoms with Crippen molar-refractivity contribution in [3.8, 4) is 17.0 Å². The van der Waals surface area contributed by atoms with Gasteiger partial charge in [-0.1, -0.05) is 39.2 Å². The Balaban J connectivity index is 1.53. The highest BCUT2D eigenvalue weighted by atomic mass is 16.5. The molecule has 0 atom stereocenters. The first kappa shape index (κ1) is 20.6. The monoisotopic (exact) mass is 379 g/mol. The number of hydrogen-bond acceptors (Lipinski definition) is 3. The Kier molecular flexibility index (Phi) is 7.64. The van der Waals surface area contributed by atoms with Gasteiger partial charge in [0, 0.05) is 11.8 Å². The first-order valence-corrected chi connectivity index (χ1v) is 11.0. The summed E-state index contributed by atoms with van der Waals surface area (Å²) in [7, 11) is 0. The van der Waals surface area contributed by atoms with Crippen LogP contribution < -0.4 is 4.74 Å². The van der Waals surface area contributed by atoms with Crippen molar-refractivity contribution in [3.63, 3.8) is 0 Å². The number of esters is 1. The Hall–Kier alpha value is -2.16. The van der Waals surface area contributed by atoms with E-state index in [-0.39, 0.29) is 11.9 Å². The van der Waals surface area contributed by atoms with Crippen molar-refractivity contribution in [2.45, 2.75) is 71.6 Å². The molecule has 2 aromatic rings. The Morgan fingerprint density at radius 3 is 2.36 bits per heavy atom. The summed E-state index contributed by atoms with van der Waals surface area (Å²) in [5.74, 6) is 1.42. The number of carbonyl (C=O) groups is 1. The molecule has 1 aromatic carbocycles. The van der Waals surface area contributed by atoms with Gasteiger partial charge in [0.25, 0.3) is 0 Å². The zero-order valence-corrected chi connectivity index (χ0v) is 17.3. The van der Waals surface area contributed by atoms with E-state index in [0.717, 1.165) is 49.3 Å². The van der Waals surface area contributed by atoms with Crippen LogP contribution in [0.2, 0.25) is 0 Å². The summed E-state index contributed by atoms with van der Waals surface area (Å²) >= 11 is 0. The van der Waals surface area contributed by atoms with Crippen LogP contribution in [0.25, 0.3) is 11.3 Å². The van der Waals surface area contributed by atoms with E-state index >= 15 is 0 Å². The minimum atomic E-state index is -0.0684. The second-order valence-electron chi connectivity index (χ2n) is 8.11. The van der Waals surface area contributed by atoms with Crippen molar-refractivity contribution in [3.05, 3.63) is 48.2 Å². The number of rotatable bonds is 8.